The number of anilines is 1. The van der Waals surface area contributed by atoms with E-state index < -0.39 is 0 Å². The maximum absolute atomic E-state index is 12.1. The highest BCUT2D eigenvalue weighted by Gasteiger charge is 2.12. The highest BCUT2D eigenvalue weighted by molar-refractivity contribution is 9.10. The zero-order valence-corrected chi connectivity index (χ0v) is 12.0. The molecule has 0 radical (unpaired) electrons. The smallest absolute Gasteiger partial charge is 0.255 e. The number of aromatic nitrogens is 3. The Bertz CT molecular complexity index is 555. The Labute approximate surface area is 119 Å². The molecular formula is C12H14BrN5O. The predicted octanol–water partition coefficient (Wildman–Crippen LogP) is 1.58. The van der Waals surface area contributed by atoms with Crippen LogP contribution in [0.4, 0.5) is 5.82 Å². The van der Waals surface area contributed by atoms with Crippen molar-refractivity contribution in [1.29, 1.82) is 0 Å². The van der Waals surface area contributed by atoms with Crippen LogP contribution in [0.15, 0.2) is 29.1 Å². The maximum Gasteiger partial charge on any atom is 0.255 e. The minimum absolute atomic E-state index is 0.162. The summed E-state index contributed by atoms with van der Waals surface area (Å²) >= 11 is 3.31. The Kier molecular flexibility index (Phi) is 4.51. The van der Waals surface area contributed by atoms with E-state index in [1.54, 1.807) is 31.7 Å². The van der Waals surface area contributed by atoms with Gasteiger partial charge in [0, 0.05) is 43.1 Å². The molecule has 0 aromatic carbocycles. The molecule has 0 aliphatic carbocycles. The predicted molar refractivity (Wildman–Crippen MR) is 76.1 cm³/mol. The number of hydrogen-bond acceptors (Lipinski definition) is 4. The molecule has 0 saturated heterocycles. The van der Waals surface area contributed by atoms with E-state index >= 15 is 0 Å². The molecule has 19 heavy (non-hydrogen) atoms. The van der Waals surface area contributed by atoms with Crippen LogP contribution < -0.4 is 10.6 Å². The Balaban J connectivity index is 1.97. The fourth-order valence-electron chi connectivity index (χ4n) is 1.64. The molecule has 3 N–H and O–H groups in total. The van der Waals surface area contributed by atoms with Crippen LogP contribution in [0.5, 0.6) is 0 Å². The maximum atomic E-state index is 12.1. The molecule has 2 heterocycles. The minimum Gasteiger partial charge on any atom is -0.372 e. The number of nitrogens with zero attached hydrogens (tertiary/aromatic N) is 2. The van der Waals surface area contributed by atoms with Crippen molar-refractivity contribution in [3.05, 3.63) is 40.5 Å². The van der Waals surface area contributed by atoms with E-state index in [0.717, 1.165) is 10.3 Å². The van der Waals surface area contributed by atoms with Crippen LogP contribution >= 0.6 is 15.9 Å². The van der Waals surface area contributed by atoms with Crippen molar-refractivity contribution in [2.45, 2.75) is 6.42 Å². The van der Waals surface area contributed by atoms with Crippen molar-refractivity contribution in [2.24, 2.45) is 0 Å². The number of imidazole rings is 1. The average molecular weight is 324 g/mol. The summed E-state index contributed by atoms with van der Waals surface area (Å²) in [7, 11) is 1.73. The summed E-state index contributed by atoms with van der Waals surface area (Å²) in [4.78, 5) is 23.3. The van der Waals surface area contributed by atoms with Crippen LogP contribution in [0.3, 0.4) is 0 Å². The van der Waals surface area contributed by atoms with Gasteiger partial charge in [0.05, 0.1) is 5.56 Å². The normalized spacial score (nSPS) is 10.2. The van der Waals surface area contributed by atoms with Gasteiger partial charge >= 0.3 is 0 Å². The molecule has 0 aliphatic heterocycles. The van der Waals surface area contributed by atoms with Gasteiger partial charge in [0.2, 0.25) is 0 Å². The van der Waals surface area contributed by atoms with Gasteiger partial charge in [-0.2, -0.15) is 0 Å². The third-order valence-electron chi connectivity index (χ3n) is 2.54. The van der Waals surface area contributed by atoms with Gasteiger partial charge in [-0.15, -0.1) is 0 Å². The molecule has 2 rings (SSSR count). The van der Waals surface area contributed by atoms with Crippen molar-refractivity contribution in [3.63, 3.8) is 0 Å². The lowest BCUT2D eigenvalue weighted by Gasteiger charge is -2.09. The first-order valence-electron chi connectivity index (χ1n) is 5.80. The van der Waals surface area contributed by atoms with Crippen LogP contribution in [0.1, 0.15) is 16.2 Å². The third kappa shape index (κ3) is 3.54. The van der Waals surface area contributed by atoms with Crippen LogP contribution in [-0.2, 0) is 6.42 Å². The van der Waals surface area contributed by atoms with E-state index in [9.17, 15) is 4.79 Å². The second kappa shape index (κ2) is 6.33. The third-order valence-corrected chi connectivity index (χ3v) is 2.97. The van der Waals surface area contributed by atoms with E-state index in [-0.39, 0.29) is 5.91 Å². The summed E-state index contributed by atoms with van der Waals surface area (Å²) in [5.41, 5.74) is 0.510. The van der Waals surface area contributed by atoms with Crippen molar-refractivity contribution in [1.82, 2.24) is 20.3 Å². The molecule has 1 amide bonds. The first-order chi connectivity index (χ1) is 9.20. The number of pyridine rings is 1. The second-order valence-corrected chi connectivity index (χ2v) is 4.76. The highest BCUT2D eigenvalue weighted by atomic mass is 79.9. The Morgan fingerprint density at radius 2 is 2.32 bits per heavy atom. The number of halogens is 1. The van der Waals surface area contributed by atoms with Gasteiger partial charge in [0.25, 0.3) is 5.91 Å². The summed E-state index contributed by atoms with van der Waals surface area (Å²) in [6.07, 6.45) is 5.75. The van der Waals surface area contributed by atoms with Crippen LogP contribution in [0.25, 0.3) is 0 Å². The summed E-state index contributed by atoms with van der Waals surface area (Å²) < 4.78 is 0.766. The monoisotopic (exact) mass is 323 g/mol. The molecule has 2 aromatic rings. The molecule has 0 unspecified atom stereocenters. The molecular weight excluding hydrogens is 310 g/mol. The molecule has 0 aliphatic rings. The Hall–Kier alpha value is -1.89. The first-order valence-corrected chi connectivity index (χ1v) is 6.59. The lowest BCUT2D eigenvalue weighted by atomic mass is 10.2. The van der Waals surface area contributed by atoms with Crippen LogP contribution in [-0.4, -0.2) is 34.5 Å². The van der Waals surface area contributed by atoms with Crippen molar-refractivity contribution < 1.29 is 4.79 Å². The number of carbonyl (C=O) groups is 1. The molecule has 6 nitrogen and oxygen atoms in total. The largest absolute Gasteiger partial charge is 0.372 e. The van der Waals surface area contributed by atoms with E-state index in [1.165, 1.54) is 0 Å². The topological polar surface area (TPSA) is 82.7 Å². The summed E-state index contributed by atoms with van der Waals surface area (Å²) in [5.74, 6) is 1.24. The van der Waals surface area contributed by atoms with Gasteiger partial charge in [-0.05, 0) is 22.0 Å². The number of H-pyrrole nitrogens is 1. The fraction of sp³-hybridized carbons (Fsp3) is 0.250. The molecule has 2 aromatic heterocycles. The molecule has 0 spiro atoms. The number of rotatable bonds is 5. The van der Waals surface area contributed by atoms with Crippen LogP contribution in [0.2, 0.25) is 0 Å². The quantitative estimate of drug-likeness (QED) is 0.780. The van der Waals surface area contributed by atoms with Gasteiger partial charge in [-0.1, -0.05) is 0 Å². The number of nitrogens with one attached hydrogen (secondary N) is 3. The van der Waals surface area contributed by atoms with Gasteiger partial charge in [-0.25, -0.2) is 9.97 Å². The zero-order valence-electron chi connectivity index (χ0n) is 10.4. The minimum atomic E-state index is -0.162. The molecule has 0 fully saturated rings. The molecule has 7 heteroatoms. The molecule has 0 saturated carbocycles. The van der Waals surface area contributed by atoms with E-state index in [4.69, 9.17) is 0 Å². The van der Waals surface area contributed by atoms with Crippen molar-refractivity contribution in [2.75, 3.05) is 18.9 Å². The van der Waals surface area contributed by atoms with Crippen LogP contribution in [0, 0.1) is 0 Å². The SMILES string of the molecule is CNc1ncc(Br)cc1C(=O)NCCc1ncc[nH]1. The summed E-state index contributed by atoms with van der Waals surface area (Å²) in [6, 6.07) is 1.74. The van der Waals surface area contributed by atoms with Gasteiger partial charge in [-0.3, -0.25) is 4.79 Å². The number of carbonyl (C=O) groups excluding carboxylic acids is 1. The summed E-state index contributed by atoms with van der Waals surface area (Å²) in [6.45, 7) is 0.516. The van der Waals surface area contributed by atoms with Gasteiger partial charge in [0.15, 0.2) is 0 Å². The molecule has 0 bridgehead atoms. The Morgan fingerprint density at radius 3 is 3.00 bits per heavy atom. The Morgan fingerprint density at radius 1 is 1.47 bits per heavy atom. The first kappa shape index (κ1) is 13.5. The van der Waals surface area contributed by atoms with Gasteiger partial charge < -0.3 is 15.6 Å². The van der Waals surface area contributed by atoms with Crippen molar-refractivity contribution in [3.8, 4) is 0 Å². The van der Waals surface area contributed by atoms with E-state index in [1.807, 2.05) is 0 Å². The highest BCUT2D eigenvalue weighted by Crippen LogP contribution is 2.17. The number of amides is 1. The number of aromatic amines is 1. The molecule has 0 atom stereocenters. The van der Waals surface area contributed by atoms with Gasteiger partial charge in [0.1, 0.15) is 11.6 Å². The molecule has 100 valence electrons. The van der Waals surface area contributed by atoms with E-state index in [0.29, 0.717) is 24.3 Å². The number of hydrogen-bond donors (Lipinski definition) is 3. The zero-order chi connectivity index (χ0) is 13.7. The second-order valence-electron chi connectivity index (χ2n) is 3.84. The van der Waals surface area contributed by atoms with E-state index in [2.05, 4.69) is 41.5 Å². The van der Waals surface area contributed by atoms with Crippen molar-refractivity contribution >= 4 is 27.7 Å². The summed E-state index contributed by atoms with van der Waals surface area (Å²) in [5, 5.41) is 5.74. The lowest BCUT2D eigenvalue weighted by molar-refractivity contribution is 0.0954. The average Bonchev–Trinajstić information content (AvgIpc) is 2.91. The standard InChI is InChI=1S/C12H14BrN5O/c1-14-11-9(6-8(13)7-18-11)12(19)17-3-2-10-15-4-5-16-10/h4-7H,2-3H2,1H3,(H,14,18)(H,15,16)(H,17,19). The lowest BCUT2D eigenvalue weighted by Crippen LogP contribution is -2.27. The fourth-order valence-corrected chi connectivity index (χ4v) is 1.97.